The summed E-state index contributed by atoms with van der Waals surface area (Å²) in [7, 11) is 1.63. The number of anilines is 1. The molecule has 2 aromatic rings. The molecule has 0 radical (unpaired) electrons. The monoisotopic (exact) mass is 355 g/mol. The summed E-state index contributed by atoms with van der Waals surface area (Å²) in [4.78, 5) is 12.8. The molecule has 0 saturated carbocycles. The summed E-state index contributed by atoms with van der Waals surface area (Å²) >= 11 is 0. The summed E-state index contributed by atoms with van der Waals surface area (Å²) in [6.45, 7) is 7.38. The lowest BCUT2D eigenvalue weighted by Crippen LogP contribution is -2.15. The number of amides is 1. The summed E-state index contributed by atoms with van der Waals surface area (Å²) < 4.78 is 11.0. The molecule has 0 aliphatic heterocycles. The van der Waals surface area contributed by atoms with Crippen molar-refractivity contribution in [3.05, 3.63) is 58.7 Å². The average Bonchev–Trinajstić information content (AvgIpc) is 2.68. The van der Waals surface area contributed by atoms with Gasteiger partial charge >= 0.3 is 0 Å². The van der Waals surface area contributed by atoms with Gasteiger partial charge in [-0.15, -0.1) is 0 Å². The molecule has 0 atom stereocenters. The molecule has 2 rings (SSSR count). The molecule has 0 spiro atoms. The molecule has 0 unspecified atom stereocenters. The quantitative estimate of drug-likeness (QED) is 0.644. The van der Waals surface area contributed by atoms with Crippen LogP contribution in [-0.2, 0) is 24.2 Å². The summed E-state index contributed by atoms with van der Waals surface area (Å²) in [6.07, 6.45) is 2.71. The lowest BCUT2D eigenvalue weighted by atomic mass is 10.0. The maximum Gasteiger partial charge on any atom is 0.255 e. The fourth-order valence-corrected chi connectivity index (χ4v) is 2.95. The van der Waals surface area contributed by atoms with Crippen LogP contribution in [0.15, 0.2) is 36.4 Å². The number of rotatable bonds is 9. The van der Waals surface area contributed by atoms with Gasteiger partial charge < -0.3 is 14.8 Å². The fourth-order valence-electron chi connectivity index (χ4n) is 2.95. The molecule has 4 heteroatoms. The molecule has 140 valence electrons. The number of benzene rings is 2. The van der Waals surface area contributed by atoms with Gasteiger partial charge in [0.25, 0.3) is 5.91 Å². The summed E-state index contributed by atoms with van der Waals surface area (Å²) in [6, 6.07) is 11.6. The van der Waals surface area contributed by atoms with Gasteiger partial charge in [-0.25, -0.2) is 0 Å². The van der Waals surface area contributed by atoms with Crippen LogP contribution in [-0.4, -0.2) is 19.6 Å². The van der Waals surface area contributed by atoms with Crippen molar-refractivity contribution in [2.75, 3.05) is 19.0 Å². The second-order valence-electron chi connectivity index (χ2n) is 6.19. The van der Waals surface area contributed by atoms with Gasteiger partial charge in [0.15, 0.2) is 0 Å². The standard InChI is InChI=1S/C22H29NO3/c1-5-13-26-15-19-14-18(11-12-20(19)25-4)22(24)23-21-16(6-2)9-8-10-17(21)7-3/h8-12,14H,5-7,13,15H2,1-4H3,(H,23,24). The van der Waals surface area contributed by atoms with E-state index in [1.54, 1.807) is 13.2 Å². The van der Waals surface area contributed by atoms with E-state index in [0.29, 0.717) is 18.8 Å². The molecular weight excluding hydrogens is 326 g/mol. The van der Waals surface area contributed by atoms with Crippen LogP contribution in [0.4, 0.5) is 5.69 Å². The highest BCUT2D eigenvalue weighted by atomic mass is 16.5. The number of methoxy groups -OCH3 is 1. The molecule has 4 nitrogen and oxygen atoms in total. The van der Waals surface area contributed by atoms with Gasteiger partial charge in [-0.3, -0.25) is 4.79 Å². The smallest absolute Gasteiger partial charge is 0.255 e. The molecular formula is C22H29NO3. The normalized spacial score (nSPS) is 10.6. The van der Waals surface area contributed by atoms with Crippen molar-refractivity contribution < 1.29 is 14.3 Å². The van der Waals surface area contributed by atoms with E-state index in [4.69, 9.17) is 9.47 Å². The first-order valence-corrected chi connectivity index (χ1v) is 9.31. The van der Waals surface area contributed by atoms with Crippen LogP contribution < -0.4 is 10.1 Å². The molecule has 0 fully saturated rings. The van der Waals surface area contributed by atoms with E-state index in [0.717, 1.165) is 47.4 Å². The molecule has 0 bridgehead atoms. The Labute approximate surface area is 156 Å². The number of hydrogen-bond acceptors (Lipinski definition) is 3. The Balaban J connectivity index is 2.26. The summed E-state index contributed by atoms with van der Waals surface area (Å²) in [5, 5.41) is 3.11. The Morgan fingerprint density at radius 1 is 1.00 bits per heavy atom. The van der Waals surface area contributed by atoms with Gasteiger partial charge in [-0.1, -0.05) is 39.0 Å². The zero-order valence-electron chi connectivity index (χ0n) is 16.2. The van der Waals surface area contributed by atoms with E-state index in [1.807, 2.05) is 18.2 Å². The molecule has 0 aromatic heterocycles. The lowest BCUT2D eigenvalue weighted by Gasteiger charge is -2.15. The van der Waals surface area contributed by atoms with Crippen molar-refractivity contribution in [3.63, 3.8) is 0 Å². The second-order valence-corrected chi connectivity index (χ2v) is 6.19. The predicted molar refractivity (Wildman–Crippen MR) is 106 cm³/mol. The zero-order valence-corrected chi connectivity index (χ0v) is 16.2. The van der Waals surface area contributed by atoms with Crippen LogP contribution >= 0.6 is 0 Å². The molecule has 0 aliphatic carbocycles. The van der Waals surface area contributed by atoms with E-state index in [2.05, 4.69) is 38.2 Å². The summed E-state index contributed by atoms with van der Waals surface area (Å²) in [5.74, 6) is 0.626. The zero-order chi connectivity index (χ0) is 18.9. The van der Waals surface area contributed by atoms with Crippen LogP contribution in [0.3, 0.4) is 0 Å². The molecule has 0 aliphatic rings. The van der Waals surface area contributed by atoms with Gasteiger partial charge in [-0.2, -0.15) is 0 Å². The third-order valence-electron chi connectivity index (χ3n) is 4.39. The largest absolute Gasteiger partial charge is 0.496 e. The van der Waals surface area contributed by atoms with Crippen LogP contribution in [0.2, 0.25) is 0 Å². The molecule has 2 aromatic carbocycles. The number of nitrogens with one attached hydrogen (secondary N) is 1. The highest BCUT2D eigenvalue weighted by molar-refractivity contribution is 6.05. The second kappa shape index (κ2) is 9.97. The van der Waals surface area contributed by atoms with E-state index >= 15 is 0 Å². The number of ether oxygens (including phenoxy) is 2. The first-order chi connectivity index (χ1) is 12.6. The Kier molecular flexibility index (Phi) is 7.67. The van der Waals surface area contributed by atoms with Crippen molar-refractivity contribution in [1.29, 1.82) is 0 Å². The van der Waals surface area contributed by atoms with Crippen LogP contribution in [0.1, 0.15) is 54.2 Å². The molecule has 0 saturated heterocycles. The van der Waals surface area contributed by atoms with Crippen LogP contribution in [0.25, 0.3) is 0 Å². The van der Waals surface area contributed by atoms with E-state index in [1.165, 1.54) is 0 Å². The number of carbonyl (C=O) groups is 1. The first-order valence-electron chi connectivity index (χ1n) is 9.31. The lowest BCUT2D eigenvalue weighted by molar-refractivity contribution is 0.102. The highest BCUT2D eigenvalue weighted by Gasteiger charge is 2.14. The minimum Gasteiger partial charge on any atom is -0.496 e. The predicted octanol–water partition coefficient (Wildman–Crippen LogP) is 5.00. The Hall–Kier alpha value is -2.33. The van der Waals surface area contributed by atoms with Gasteiger partial charge in [0, 0.05) is 23.4 Å². The van der Waals surface area contributed by atoms with Crippen molar-refractivity contribution in [1.82, 2.24) is 0 Å². The molecule has 1 N–H and O–H groups in total. The molecule has 1 amide bonds. The highest BCUT2D eigenvalue weighted by Crippen LogP contribution is 2.25. The number of aryl methyl sites for hydroxylation is 2. The third-order valence-corrected chi connectivity index (χ3v) is 4.39. The third kappa shape index (κ3) is 4.85. The average molecular weight is 355 g/mol. The fraction of sp³-hybridized carbons (Fsp3) is 0.409. The summed E-state index contributed by atoms with van der Waals surface area (Å²) in [5.41, 5.74) is 4.72. The Morgan fingerprint density at radius 3 is 2.27 bits per heavy atom. The van der Waals surface area contributed by atoms with Crippen LogP contribution in [0, 0.1) is 0 Å². The van der Waals surface area contributed by atoms with Crippen molar-refractivity contribution in [2.45, 2.75) is 46.6 Å². The first kappa shape index (κ1) is 20.0. The topological polar surface area (TPSA) is 47.6 Å². The SMILES string of the molecule is CCCOCc1cc(C(=O)Nc2c(CC)cccc2CC)ccc1OC. The Morgan fingerprint density at radius 2 is 1.69 bits per heavy atom. The van der Waals surface area contributed by atoms with Crippen LogP contribution in [0.5, 0.6) is 5.75 Å². The maximum absolute atomic E-state index is 12.8. The van der Waals surface area contributed by atoms with E-state index in [9.17, 15) is 4.79 Å². The molecule has 26 heavy (non-hydrogen) atoms. The molecule has 0 heterocycles. The van der Waals surface area contributed by atoms with Crippen molar-refractivity contribution in [2.24, 2.45) is 0 Å². The number of hydrogen-bond donors (Lipinski definition) is 1. The van der Waals surface area contributed by atoms with E-state index in [-0.39, 0.29) is 5.91 Å². The number of carbonyl (C=O) groups excluding carboxylic acids is 1. The Bertz CT molecular complexity index is 718. The van der Waals surface area contributed by atoms with Gasteiger partial charge in [-0.05, 0) is 48.6 Å². The maximum atomic E-state index is 12.8. The van der Waals surface area contributed by atoms with E-state index < -0.39 is 0 Å². The minimum absolute atomic E-state index is 0.111. The minimum atomic E-state index is -0.111. The van der Waals surface area contributed by atoms with Gasteiger partial charge in [0.1, 0.15) is 5.75 Å². The van der Waals surface area contributed by atoms with Gasteiger partial charge in [0.05, 0.1) is 13.7 Å². The van der Waals surface area contributed by atoms with Gasteiger partial charge in [0.2, 0.25) is 0 Å². The van der Waals surface area contributed by atoms with Crippen molar-refractivity contribution >= 4 is 11.6 Å². The number of para-hydroxylation sites is 1. The van der Waals surface area contributed by atoms with Crippen molar-refractivity contribution in [3.8, 4) is 5.75 Å².